The number of hydrogen-bond donors (Lipinski definition) is 0. The predicted molar refractivity (Wildman–Crippen MR) is 85.1 cm³/mol. The van der Waals surface area contributed by atoms with Crippen LogP contribution in [0.5, 0.6) is 0 Å². The van der Waals surface area contributed by atoms with Crippen molar-refractivity contribution in [3.8, 4) is 0 Å². The average molecular weight is 301 g/mol. The fraction of sp³-hybridized carbons (Fsp3) is 0.789. The molecule has 1 heterocycles. The molecule has 1 aliphatic heterocycles. The third kappa shape index (κ3) is 1.80. The van der Waals surface area contributed by atoms with Crippen LogP contribution in [0.15, 0.2) is 11.8 Å². The van der Waals surface area contributed by atoms with Gasteiger partial charge in [-0.3, -0.25) is 9.59 Å². The van der Waals surface area contributed by atoms with Crippen LogP contribution in [0.4, 0.5) is 0 Å². The number of piperidine rings is 1. The van der Waals surface area contributed by atoms with Crippen molar-refractivity contribution in [1.82, 2.24) is 4.90 Å². The molecule has 0 bridgehead atoms. The highest BCUT2D eigenvalue weighted by Gasteiger charge is 2.58. The van der Waals surface area contributed by atoms with Crippen LogP contribution in [0.3, 0.4) is 0 Å². The van der Waals surface area contributed by atoms with Crippen molar-refractivity contribution in [2.75, 3.05) is 13.6 Å². The van der Waals surface area contributed by atoms with E-state index in [-0.39, 0.29) is 16.6 Å². The van der Waals surface area contributed by atoms with E-state index in [0.29, 0.717) is 30.0 Å². The van der Waals surface area contributed by atoms with E-state index in [0.717, 1.165) is 25.8 Å². The van der Waals surface area contributed by atoms with Gasteiger partial charge in [-0.05, 0) is 42.4 Å². The van der Waals surface area contributed by atoms with Gasteiger partial charge in [-0.1, -0.05) is 13.8 Å². The molecule has 0 amide bonds. The van der Waals surface area contributed by atoms with Gasteiger partial charge in [-0.15, -0.1) is 0 Å². The molecule has 3 nitrogen and oxygen atoms in total. The van der Waals surface area contributed by atoms with Gasteiger partial charge in [0.1, 0.15) is 5.78 Å². The Labute approximate surface area is 133 Å². The van der Waals surface area contributed by atoms with E-state index in [2.05, 4.69) is 25.8 Å². The van der Waals surface area contributed by atoms with Gasteiger partial charge in [0, 0.05) is 50.0 Å². The Hall–Kier alpha value is -1.12. The second kappa shape index (κ2) is 4.46. The Morgan fingerprint density at radius 3 is 2.73 bits per heavy atom. The molecular formula is C19H27NO2. The van der Waals surface area contributed by atoms with Crippen LogP contribution in [-0.4, -0.2) is 30.1 Å². The van der Waals surface area contributed by atoms with Crippen molar-refractivity contribution >= 4 is 11.6 Å². The standard InChI is InChI=1S/C19H27NO2/c1-18-6-5-15-14(16(18)8-13(22)10-18)11-20(3)17-9-12(21)4-7-19(15,17)2/h9,14-16H,4-8,10-11H2,1-3H3/t14-,15-,16+,18-,19-/m1/s1. The summed E-state index contributed by atoms with van der Waals surface area (Å²) in [6, 6.07) is 0. The Morgan fingerprint density at radius 1 is 1.18 bits per heavy atom. The predicted octanol–water partition coefficient (Wildman–Crippen LogP) is 3.20. The number of allylic oxidation sites excluding steroid dienone is 2. The molecule has 0 unspecified atom stereocenters. The summed E-state index contributed by atoms with van der Waals surface area (Å²) < 4.78 is 0. The van der Waals surface area contributed by atoms with Gasteiger partial charge in [0.2, 0.25) is 0 Å². The fourth-order valence-electron chi connectivity index (χ4n) is 6.35. The minimum Gasteiger partial charge on any atom is -0.377 e. The van der Waals surface area contributed by atoms with Gasteiger partial charge in [-0.2, -0.15) is 0 Å². The van der Waals surface area contributed by atoms with Crippen molar-refractivity contribution in [1.29, 1.82) is 0 Å². The number of Topliss-reactive ketones (excluding diaryl/α,β-unsaturated/α-hetero) is 1. The maximum atomic E-state index is 12.1. The zero-order chi connectivity index (χ0) is 15.7. The first-order chi connectivity index (χ1) is 10.3. The highest BCUT2D eigenvalue weighted by Crippen LogP contribution is 2.63. The first kappa shape index (κ1) is 14.5. The summed E-state index contributed by atoms with van der Waals surface area (Å²) in [7, 11) is 2.14. The van der Waals surface area contributed by atoms with E-state index in [1.54, 1.807) is 0 Å². The minimum absolute atomic E-state index is 0.137. The summed E-state index contributed by atoms with van der Waals surface area (Å²) in [5.74, 6) is 2.57. The maximum Gasteiger partial charge on any atom is 0.157 e. The van der Waals surface area contributed by atoms with Crippen molar-refractivity contribution < 1.29 is 9.59 Å². The quantitative estimate of drug-likeness (QED) is 0.689. The third-order valence-electron chi connectivity index (χ3n) is 7.49. The molecule has 0 aromatic rings. The van der Waals surface area contributed by atoms with Crippen LogP contribution >= 0.6 is 0 Å². The number of hydrogen-bond acceptors (Lipinski definition) is 3. The summed E-state index contributed by atoms with van der Waals surface area (Å²) in [4.78, 5) is 26.3. The fourth-order valence-corrected chi connectivity index (χ4v) is 6.35. The number of carbonyl (C=O) groups excluding carboxylic acids is 2. The summed E-state index contributed by atoms with van der Waals surface area (Å²) in [6.45, 7) is 5.74. The molecule has 0 radical (unpaired) electrons. The molecule has 2 saturated carbocycles. The van der Waals surface area contributed by atoms with Gasteiger partial charge in [-0.25, -0.2) is 0 Å². The van der Waals surface area contributed by atoms with Gasteiger partial charge < -0.3 is 4.90 Å². The Bertz CT molecular complexity index is 580. The number of rotatable bonds is 0. The molecule has 4 aliphatic rings. The first-order valence-electron chi connectivity index (χ1n) is 8.81. The minimum atomic E-state index is 0.137. The normalized spacial score (nSPS) is 47.7. The second-order valence-electron chi connectivity index (χ2n) is 8.78. The van der Waals surface area contributed by atoms with E-state index in [1.165, 1.54) is 18.5 Å². The number of nitrogens with zero attached hydrogens (tertiary/aromatic N) is 1. The van der Waals surface area contributed by atoms with Crippen molar-refractivity contribution in [2.24, 2.45) is 28.6 Å². The third-order valence-corrected chi connectivity index (χ3v) is 7.49. The van der Waals surface area contributed by atoms with E-state index in [4.69, 9.17) is 0 Å². The van der Waals surface area contributed by atoms with Crippen molar-refractivity contribution in [2.45, 2.75) is 52.4 Å². The largest absolute Gasteiger partial charge is 0.377 e. The molecule has 120 valence electrons. The number of carbonyl (C=O) groups is 2. The van der Waals surface area contributed by atoms with Gasteiger partial charge >= 0.3 is 0 Å². The highest BCUT2D eigenvalue weighted by atomic mass is 16.1. The first-order valence-corrected chi connectivity index (χ1v) is 8.81. The molecule has 4 rings (SSSR count). The topological polar surface area (TPSA) is 37.4 Å². The van der Waals surface area contributed by atoms with Crippen LogP contribution in [0.1, 0.15) is 52.4 Å². The molecule has 0 spiro atoms. The van der Waals surface area contributed by atoms with Crippen molar-refractivity contribution in [3.63, 3.8) is 0 Å². The molecule has 0 aromatic carbocycles. The van der Waals surface area contributed by atoms with Crippen LogP contribution in [0, 0.1) is 28.6 Å². The van der Waals surface area contributed by atoms with Crippen LogP contribution in [-0.2, 0) is 9.59 Å². The van der Waals surface area contributed by atoms with E-state index in [1.807, 2.05) is 6.08 Å². The zero-order valence-corrected chi connectivity index (χ0v) is 14.0. The summed E-state index contributed by atoms with van der Waals surface area (Å²) in [6.07, 6.45) is 7.58. The smallest absolute Gasteiger partial charge is 0.157 e. The molecular weight excluding hydrogens is 274 g/mol. The molecule has 22 heavy (non-hydrogen) atoms. The lowest BCUT2D eigenvalue weighted by atomic mass is 9.50. The summed E-state index contributed by atoms with van der Waals surface area (Å²) in [5, 5.41) is 0. The maximum absolute atomic E-state index is 12.1. The number of ketones is 2. The second-order valence-corrected chi connectivity index (χ2v) is 8.78. The molecule has 3 fully saturated rings. The lowest BCUT2D eigenvalue weighted by Gasteiger charge is -2.59. The summed E-state index contributed by atoms with van der Waals surface area (Å²) >= 11 is 0. The summed E-state index contributed by atoms with van der Waals surface area (Å²) in [5.41, 5.74) is 1.64. The van der Waals surface area contributed by atoms with Gasteiger partial charge in [0.15, 0.2) is 5.78 Å². The molecule has 3 aliphatic carbocycles. The van der Waals surface area contributed by atoms with E-state index < -0.39 is 0 Å². The SMILES string of the molecule is CN1C[C@@H]2[C@@H](CC[C@]3(C)CC(=O)C[C@@H]23)[C@@]2(C)CCC(=O)C=C12. The lowest BCUT2D eigenvalue weighted by Crippen LogP contribution is -2.56. The van der Waals surface area contributed by atoms with E-state index in [9.17, 15) is 9.59 Å². The number of fused-ring (bicyclic) bond motifs is 5. The van der Waals surface area contributed by atoms with E-state index >= 15 is 0 Å². The molecule has 5 atom stereocenters. The monoisotopic (exact) mass is 301 g/mol. The molecule has 3 heteroatoms. The highest BCUT2D eigenvalue weighted by molar-refractivity contribution is 5.91. The van der Waals surface area contributed by atoms with Gasteiger partial charge in [0.25, 0.3) is 0 Å². The van der Waals surface area contributed by atoms with Crippen LogP contribution in [0.25, 0.3) is 0 Å². The van der Waals surface area contributed by atoms with Crippen LogP contribution < -0.4 is 0 Å². The molecule has 1 saturated heterocycles. The zero-order valence-electron chi connectivity index (χ0n) is 14.0. The Morgan fingerprint density at radius 2 is 1.95 bits per heavy atom. The Balaban J connectivity index is 1.74. The molecule has 0 N–H and O–H groups in total. The van der Waals surface area contributed by atoms with Gasteiger partial charge in [0.05, 0.1) is 0 Å². The van der Waals surface area contributed by atoms with Crippen molar-refractivity contribution in [3.05, 3.63) is 11.8 Å². The Kier molecular flexibility index (Phi) is 2.93. The molecule has 0 aromatic heterocycles. The number of likely N-dealkylation sites (tertiary alicyclic amines) is 1. The lowest BCUT2D eigenvalue weighted by molar-refractivity contribution is -0.119. The van der Waals surface area contributed by atoms with Crippen LogP contribution in [0.2, 0.25) is 0 Å². The average Bonchev–Trinajstić information content (AvgIpc) is 2.76.